The SMILES string of the molecule is CC(C)(C)c1ccc(C(CO)NC(=O)OCc2ccccc2)cc1. The summed E-state index contributed by atoms with van der Waals surface area (Å²) in [6, 6.07) is 16.9. The largest absolute Gasteiger partial charge is 0.445 e. The minimum atomic E-state index is -0.544. The Bertz CT molecular complexity index is 645. The second-order valence-corrected chi connectivity index (χ2v) is 6.81. The third kappa shape index (κ3) is 5.10. The monoisotopic (exact) mass is 327 g/mol. The summed E-state index contributed by atoms with van der Waals surface area (Å²) in [7, 11) is 0. The molecule has 0 saturated heterocycles. The van der Waals surface area contributed by atoms with Gasteiger partial charge in [-0.05, 0) is 22.1 Å². The van der Waals surface area contributed by atoms with E-state index in [1.54, 1.807) is 0 Å². The van der Waals surface area contributed by atoms with E-state index in [0.717, 1.165) is 11.1 Å². The van der Waals surface area contributed by atoms with E-state index in [2.05, 4.69) is 26.1 Å². The first-order valence-corrected chi connectivity index (χ1v) is 8.08. The molecule has 2 aromatic carbocycles. The molecule has 0 heterocycles. The van der Waals surface area contributed by atoms with Crippen LogP contribution in [0.2, 0.25) is 0 Å². The molecule has 0 saturated carbocycles. The van der Waals surface area contributed by atoms with Crippen molar-refractivity contribution in [2.75, 3.05) is 6.61 Å². The third-order valence-corrected chi connectivity index (χ3v) is 3.87. The lowest BCUT2D eigenvalue weighted by Crippen LogP contribution is -2.31. The molecule has 0 radical (unpaired) electrons. The summed E-state index contributed by atoms with van der Waals surface area (Å²) in [5, 5.41) is 12.3. The van der Waals surface area contributed by atoms with Gasteiger partial charge in [-0.15, -0.1) is 0 Å². The summed E-state index contributed by atoms with van der Waals surface area (Å²) < 4.78 is 5.20. The normalized spacial score (nSPS) is 12.5. The molecule has 0 aliphatic rings. The molecule has 4 heteroatoms. The van der Waals surface area contributed by atoms with E-state index < -0.39 is 12.1 Å². The standard InChI is InChI=1S/C20H25NO3/c1-20(2,3)17-11-9-16(10-12-17)18(13-22)21-19(23)24-14-15-7-5-4-6-8-15/h4-12,18,22H,13-14H2,1-3H3,(H,21,23). The lowest BCUT2D eigenvalue weighted by Gasteiger charge is -2.21. The van der Waals surface area contributed by atoms with Gasteiger partial charge in [0.25, 0.3) is 0 Å². The zero-order chi connectivity index (χ0) is 17.6. The smallest absolute Gasteiger partial charge is 0.408 e. The summed E-state index contributed by atoms with van der Waals surface area (Å²) in [5.41, 5.74) is 3.04. The third-order valence-electron chi connectivity index (χ3n) is 3.87. The fourth-order valence-electron chi connectivity index (χ4n) is 2.36. The molecule has 24 heavy (non-hydrogen) atoms. The average molecular weight is 327 g/mol. The van der Waals surface area contributed by atoms with Gasteiger partial charge in [-0.1, -0.05) is 75.4 Å². The second kappa shape index (κ2) is 7.97. The first kappa shape index (κ1) is 18.0. The van der Waals surface area contributed by atoms with Gasteiger partial charge >= 0.3 is 6.09 Å². The Morgan fingerprint density at radius 3 is 2.25 bits per heavy atom. The van der Waals surface area contributed by atoms with Gasteiger partial charge in [-0.2, -0.15) is 0 Å². The first-order valence-electron chi connectivity index (χ1n) is 8.08. The van der Waals surface area contributed by atoms with Crippen LogP contribution in [0, 0.1) is 0 Å². The van der Waals surface area contributed by atoms with Crippen LogP contribution < -0.4 is 5.32 Å². The van der Waals surface area contributed by atoms with E-state index >= 15 is 0 Å². The predicted molar refractivity (Wildman–Crippen MR) is 94.7 cm³/mol. The van der Waals surface area contributed by atoms with Gasteiger partial charge in [0, 0.05) is 0 Å². The molecule has 2 aromatic rings. The Kier molecular flexibility index (Phi) is 5.99. The summed E-state index contributed by atoms with van der Waals surface area (Å²) >= 11 is 0. The van der Waals surface area contributed by atoms with Crippen LogP contribution in [0.4, 0.5) is 4.79 Å². The van der Waals surface area contributed by atoms with Crippen LogP contribution >= 0.6 is 0 Å². The molecule has 0 spiro atoms. The maximum Gasteiger partial charge on any atom is 0.408 e. The lowest BCUT2D eigenvalue weighted by molar-refractivity contribution is 0.129. The van der Waals surface area contributed by atoms with E-state index in [4.69, 9.17) is 4.74 Å². The van der Waals surface area contributed by atoms with Crippen LogP contribution in [-0.4, -0.2) is 17.8 Å². The Labute approximate surface area is 143 Å². The number of nitrogens with one attached hydrogen (secondary N) is 1. The fourth-order valence-corrected chi connectivity index (χ4v) is 2.36. The van der Waals surface area contributed by atoms with Gasteiger partial charge in [0.2, 0.25) is 0 Å². The number of carbonyl (C=O) groups is 1. The molecule has 0 aliphatic heterocycles. The van der Waals surface area contributed by atoms with Crippen molar-refractivity contribution < 1.29 is 14.6 Å². The van der Waals surface area contributed by atoms with Crippen molar-refractivity contribution in [2.24, 2.45) is 0 Å². The van der Waals surface area contributed by atoms with Crippen molar-refractivity contribution in [3.8, 4) is 0 Å². The number of rotatable bonds is 5. The number of ether oxygens (including phenoxy) is 1. The molecule has 0 aliphatic carbocycles. The maximum atomic E-state index is 11.9. The summed E-state index contributed by atoms with van der Waals surface area (Å²) in [5.74, 6) is 0. The number of alkyl carbamates (subject to hydrolysis) is 1. The molecular formula is C20H25NO3. The molecule has 2 rings (SSSR count). The topological polar surface area (TPSA) is 58.6 Å². The van der Waals surface area contributed by atoms with Crippen LogP contribution in [0.3, 0.4) is 0 Å². The molecule has 0 bridgehead atoms. The maximum absolute atomic E-state index is 11.9. The number of hydrogen-bond donors (Lipinski definition) is 2. The van der Waals surface area contributed by atoms with Crippen LogP contribution in [0.5, 0.6) is 0 Å². The van der Waals surface area contributed by atoms with Crippen molar-refractivity contribution in [2.45, 2.75) is 38.8 Å². The number of aliphatic hydroxyl groups excluding tert-OH is 1. The number of aliphatic hydroxyl groups is 1. The first-order chi connectivity index (χ1) is 11.4. The minimum Gasteiger partial charge on any atom is -0.445 e. The van der Waals surface area contributed by atoms with Gasteiger partial charge in [0.15, 0.2) is 0 Å². The summed E-state index contributed by atoms with van der Waals surface area (Å²) in [4.78, 5) is 11.9. The van der Waals surface area contributed by atoms with Gasteiger partial charge in [0.05, 0.1) is 12.6 Å². The van der Waals surface area contributed by atoms with Crippen LogP contribution in [0.1, 0.15) is 43.5 Å². The molecule has 4 nitrogen and oxygen atoms in total. The molecule has 0 fully saturated rings. The highest BCUT2D eigenvalue weighted by atomic mass is 16.5. The van der Waals surface area contributed by atoms with Crippen LogP contribution in [0.25, 0.3) is 0 Å². The van der Waals surface area contributed by atoms with E-state index in [1.807, 2.05) is 54.6 Å². The number of benzene rings is 2. The molecule has 1 atom stereocenters. The Morgan fingerprint density at radius 1 is 1.08 bits per heavy atom. The fraction of sp³-hybridized carbons (Fsp3) is 0.350. The highest BCUT2D eigenvalue weighted by molar-refractivity contribution is 5.68. The number of hydrogen-bond acceptors (Lipinski definition) is 3. The van der Waals surface area contributed by atoms with E-state index in [9.17, 15) is 9.90 Å². The Hall–Kier alpha value is -2.33. The summed E-state index contributed by atoms with van der Waals surface area (Å²) in [6.07, 6.45) is -0.544. The number of carbonyl (C=O) groups excluding carboxylic acids is 1. The van der Waals surface area contributed by atoms with E-state index in [-0.39, 0.29) is 18.6 Å². The lowest BCUT2D eigenvalue weighted by atomic mass is 9.86. The Balaban J connectivity index is 1.94. The van der Waals surface area contributed by atoms with Crippen molar-refractivity contribution in [3.05, 3.63) is 71.3 Å². The van der Waals surface area contributed by atoms with E-state index in [1.165, 1.54) is 5.56 Å². The zero-order valence-electron chi connectivity index (χ0n) is 14.5. The second-order valence-electron chi connectivity index (χ2n) is 6.81. The predicted octanol–water partition coefficient (Wildman–Crippen LogP) is 3.94. The van der Waals surface area contributed by atoms with Crippen molar-refractivity contribution in [1.82, 2.24) is 5.32 Å². The van der Waals surface area contributed by atoms with Crippen molar-refractivity contribution in [3.63, 3.8) is 0 Å². The van der Waals surface area contributed by atoms with Crippen LogP contribution in [-0.2, 0) is 16.8 Å². The average Bonchev–Trinajstić information content (AvgIpc) is 2.58. The van der Waals surface area contributed by atoms with Gasteiger partial charge in [-0.25, -0.2) is 4.79 Å². The molecule has 0 aromatic heterocycles. The van der Waals surface area contributed by atoms with Crippen molar-refractivity contribution in [1.29, 1.82) is 0 Å². The van der Waals surface area contributed by atoms with Gasteiger partial charge in [0.1, 0.15) is 6.61 Å². The molecule has 2 N–H and O–H groups in total. The molecular weight excluding hydrogens is 302 g/mol. The van der Waals surface area contributed by atoms with Crippen molar-refractivity contribution >= 4 is 6.09 Å². The van der Waals surface area contributed by atoms with Gasteiger partial charge < -0.3 is 15.2 Å². The molecule has 1 unspecified atom stereocenters. The highest BCUT2D eigenvalue weighted by Gasteiger charge is 2.17. The highest BCUT2D eigenvalue weighted by Crippen LogP contribution is 2.24. The van der Waals surface area contributed by atoms with Crippen LogP contribution in [0.15, 0.2) is 54.6 Å². The summed E-state index contributed by atoms with van der Waals surface area (Å²) in [6.45, 7) is 6.45. The van der Waals surface area contributed by atoms with E-state index in [0.29, 0.717) is 0 Å². The molecule has 1 amide bonds. The van der Waals surface area contributed by atoms with Gasteiger partial charge in [-0.3, -0.25) is 0 Å². The minimum absolute atomic E-state index is 0.0648. The molecule has 128 valence electrons. The zero-order valence-corrected chi connectivity index (χ0v) is 14.5. The quantitative estimate of drug-likeness (QED) is 0.874. The number of amides is 1. The Morgan fingerprint density at radius 2 is 1.71 bits per heavy atom.